The van der Waals surface area contributed by atoms with Crippen molar-refractivity contribution in [1.82, 2.24) is 14.3 Å². The Labute approximate surface area is 124 Å². The summed E-state index contributed by atoms with van der Waals surface area (Å²) in [6, 6.07) is 0. The molecule has 2 rings (SSSR count). The fraction of sp³-hybridized carbons (Fsp3) is 0.833. The van der Waals surface area contributed by atoms with Gasteiger partial charge in [-0.25, -0.2) is 4.72 Å². The maximum atomic E-state index is 12.1. The van der Waals surface area contributed by atoms with Crippen molar-refractivity contribution in [3.8, 4) is 0 Å². The number of carboxylic acid groups (broad SMARTS) is 1. The van der Waals surface area contributed by atoms with Crippen LogP contribution in [0.1, 0.15) is 25.7 Å². The van der Waals surface area contributed by atoms with Crippen molar-refractivity contribution >= 4 is 22.1 Å². The van der Waals surface area contributed by atoms with Gasteiger partial charge < -0.3 is 10.4 Å². The van der Waals surface area contributed by atoms with Crippen molar-refractivity contribution in [3.05, 3.63) is 0 Å². The summed E-state index contributed by atoms with van der Waals surface area (Å²) in [6.45, 7) is 0.673. The Bertz CT molecular complexity index is 503. The summed E-state index contributed by atoms with van der Waals surface area (Å²) in [4.78, 5) is 22.3. The zero-order chi connectivity index (χ0) is 15.5. The number of hydrogen-bond donors (Lipinski definition) is 3. The molecular weight excluding hydrogens is 298 g/mol. The molecule has 0 aromatic heterocycles. The third kappa shape index (κ3) is 4.65. The van der Waals surface area contributed by atoms with Crippen LogP contribution in [0.5, 0.6) is 0 Å². The number of nitrogens with zero attached hydrogens (tertiary/aromatic N) is 1. The zero-order valence-electron chi connectivity index (χ0n) is 11.7. The summed E-state index contributed by atoms with van der Waals surface area (Å²) in [7, 11) is -3.68. The topological polar surface area (TPSA) is 116 Å². The second kappa shape index (κ2) is 6.71. The van der Waals surface area contributed by atoms with Crippen LogP contribution in [0.4, 0.5) is 0 Å². The first kappa shape index (κ1) is 16.2. The fourth-order valence-electron chi connectivity index (χ4n) is 2.31. The van der Waals surface area contributed by atoms with E-state index in [0.717, 1.165) is 17.1 Å². The first-order chi connectivity index (χ1) is 9.90. The molecule has 21 heavy (non-hydrogen) atoms. The lowest BCUT2D eigenvalue weighted by Gasteiger charge is -2.29. The van der Waals surface area contributed by atoms with Crippen molar-refractivity contribution < 1.29 is 23.1 Å². The van der Waals surface area contributed by atoms with Crippen LogP contribution in [0.25, 0.3) is 0 Å². The molecule has 0 bridgehead atoms. The van der Waals surface area contributed by atoms with Crippen LogP contribution in [0, 0.1) is 11.8 Å². The Morgan fingerprint density at radius 1 is 1.14 bits per heavy atom. The normalized spacial score (nSPS) is 23.7. The minimum atomic E-state index is -3.68. The van der Waals surface area contributed by atoms with Gasteiger partial charge in [0.05, 0.1) is 5.92 Å². The highest BCUT2D eigenvalue weighted by Crippen LogP contribution is 2.28. The van der Waals surface area contributed by atoms with E-state index in [1.165, 1.54) is 0 Å². The van der Waals surface area contributed by atoms with Gasteiger partial charge in [-0.3, -0.25) is 9.59 Å². The lowest BCUT2D eigenvalue weighted by molar-refractivity contribution is -0.142. The third-order valence-electron chi connectivity index (χ3n) is 3.73. The van der Waals surface area contributed by atoms with Crippen LogP contribution < -0.4 is 10.0 Å². The smallest absolute Gasteiger partial charge is 0.307 e. The summed E-state index contributed by atoms with van der Waals surface area (Å²) >= 11 is 0. The Balaban J connectivity index is 1.75. The number of aliphatic carboxylic acids is 1. The van der Waals surface area contributed by atoms with Gasteiger partial charge in [-0.2, -0.15) is 12.7 Å². The van der Waals surface area contributed by atoms with Gasteiger partial charge in [-0.15, -0.1) is 0 Å². The predicted molar refractivity (Wildman–Crippen MR) is 74.6 cm³/mol. The molecule has 3 N–H and O–H groups in total. The number of carbonyl (C=O) groups excluding carboxylic acids is 1. The summed E-state index contributed by atoms with van der Waals surface area (Å²) < 4.78 is 27.7. The van der Waals surface area contributed by atoms with Gasteiger partial charge in [0.2, 0.25) is 5.91 Å². The lowest BCUT2D eigenvalue weighted by Crippen LogP contribution is -2.48. The number of carbonyl (C=O) groups is 2. The molecule has 1 amide bonds. The van der Waals surface area contributed by atoms with Crippen LogP contribution in [-0.2, 0) is 19.8 Å². The molecule has 2 fully saturated rings. The predicted octanol–water partition coefficient (Wildman–Crippen LogP) is -0.856. The van der Waals surface area contributed by atoms with Gasteiger partial charge in [-0.05, 0) is 25.7 Å². The molecule has 8 nitrogen and oxygen atoms in total. The van der Waals surface area contributed by atoms with Gasteiger partial charge >= 0.3 is 5.97 Å². The largest absolute Gasteiger partial charge is 0.481 e. The zero-order valence-corrected chi connectivity index (χ0v) is 12.6. The van der Waals surface area contributed by atoms with Gasteiger partial charge in [0.1, 0.15) is 0 Å². The van der Waals surface area contributed by atoms with Crippen LogP contribution in [-0.4, -0.2) is 55.9 Å². The highest BCUT2D eigenvalue weighted by molar-refractivity contribution is 7.87. The molecule has 9 heteroatoms. The van der Waals surface area contributed by atoms with Crippen LogP contribution >= 0.6 is 0 Å². The first-order valence-electron chi connectivity index (χ1n) is 7.15. The second-order valence-corrected chi connectivity index (χ2v) is 7.26. The molecule has 0 aromatic rings. The monoisotopic (exact) mass is 319 g/mol. The number of piperidine rings is 1. The molecule has 1 saturated carbocycles. The summed E-state index contributed by atoms with van der Waals surface area (Å²) in [5, 5.41) is 11.6. The Morgan fingerprint density at radius 2 is 1.86 bits per heavy atom. The van der Waals surface area contributed by atoms with Gasteiger partial charge in [0.15, 0.2) is 0 Å². The summed E-state index contributed by atoms with van der Waals surface area (Å²) in [5.41, 5.74) is 0. The standard InChI is InChI=1S/C12H21N3O5S/c16-11(9-3-4-9)13-5-6-14-21(19,20)15-7-1-2-10(8-15)12(17)18/h9-10,14H,1-8H2,(H,13,16)(H,17,18). The molecular formula is C12H21N3O5S. The molecule has 120 valence electrons. The Hall–Kier alpha value is -1.19. The van der Waals surface area contributed by atoms with Crippen molar-refractivity contribution in [2.24, 2.45) is 11.8 Å². The fourth-order valence-corrected chi connectivity index (χ4v) is 3.60. The average Bonchev–Trinajstić information content (AvgIpc) is 3.28. The van der Waals surface area contributed by atoms with Crippen molar-refractivity contribution in [3.63, 3.8) is 0 Å². The van der Waals surface area contributed by atoms with E-state index in [4.69, 9.17) is 5.11 Å². The molecule has 1 heterocycles. The van der Waals surface area contributed by atoms with Crippen molar-refractivity contribution in [2.45, 2.75) is 25.7 Å². The van der Waals surface area contributed by atoms with E-state index in [9.17, 15) is 18.0 Å². The maximum absolute atomic E-state index is 12.1. The quantitative estimate of drug-likeness (QED) is 0.528. The molecule has 2 aliphatic rings. The lowest BCUT2D eigenvalue weighted by atomic mass is 10.0. The summed E-state index contributed by atoms with van der Waals surface area (Å²) in [5.74, 6) is -1.55. The molecule has 1 atom stereocenters. The van der Waals surface area contributed by atoms with E-state index in [-0.39, 0.29) is 31.5 Å². The van der Waals surface area contributed by atoms with E-state index in [2.05, 4.69) is 10.0 Å². The molecule has 0 spiro atoms. The third-order valence-corrected chi connectivity index (χ3v) is 5.31. The van der Waals surface area contributed by atoms with E-state index < -0.39 is 22.1 Å². The minimum Gasteiger partial charge on any atom is -0.481 e. The van der Waals surface area contributed by atoms with Gasteiger partial charge in [0, 0.05) is 32.1 Å². The maximum Gasteiger partial charge on any atom is 0.307 e. The minimum absolute atomic E-state index is 0.000893. The molecule has 1 aliphatic heterocycles. The first-order valence-corrected chi connectivity index (χ1v) is 8.59. The SMILES string of the molecule is O=C(O)C1CCCN(S(=O)(=O)NCCNC(=O)C2CC2)C1. The molecule has 0 radical (unpaired) electrons. The van der Waals surface area contributed by atoms with Gasteiger partial charge in [-0.1, -0.05) is 0 Å². The molecule has 1 saturated heterocycles. The van der Waals surface area contributed by atoms with E-state index in [1.807, 2.05) is 0 Å². The van der Waals surface area contributed by atoms with E-state index in [0.29, 0.717) is 19.4 Å². The Kier molecular flexibility index (Phi) is 5.17. The number of carboxylic acids is 1. The van der Waals surface area contributed by atoms with Crippen LogP contribution in [0.15, 0.2) is 0 Å². The molecule has 1 aliphatic carbocycles. The van der Waals surface area contributed by atoms with Crippen molar-refractivity contribution in [2.75, 3.05) is 26.2 Å². The number of hydrogen-bond acceptors (Lipinski definition) is 4. The number of rotatable bonds is 7. The molecule has 1 unspecified atom stereocenters. The summed E-state index contributed by atoms with van der Waals surface area (Å²) in [6.07, 6.45) is 2.85. The van der Waals surface area contributed by atoms with Crippen LogP contribution in [0.2, 0.25) is 0 Å². The highest BCUT2D eigenvalue weighted by atomic mass is 32.2. The van der Waals surface area contributed by atoms with Crippen LogP contribution in [0.3, 0.4) is 0 Å². The van der Waals surface area contributed by atoms with E-state index >= 15 is 0 Å². The van der Waals surface area contributed by atoms with Crippen molar-refractivity contribution in [1.29, 1.82) is 0 Å². The number of amides is 1. The Morgan fingerprint density at radius 3 is 2.48 bits per heavy atom. The highest BCUT2D eigenvalue weighted by Gasteiger charge is 2.32. The molecule has 0 aromatic carbocycles. The second-order valence-electron chi connectivity index (χ2n) is 5.50. The van der Waals surface area contributed by atoms with E-state index in [1.54, 1.807) is 0 Å². The average molecular weight is 319 g/mol. The van der Waals surface area contributed by atoms with Gasteiger partial charge in [0.25, 0.3) is 10.2 Å². The number of nitrogens with one attached hydrogen (secondary N) is 2.